The van der Waals surface area contributed by atoms with E-state index in [4.69, 9.17) is 21.1 Å². The Kier molecular flexibility index (Phi) is 5.36. The van der Waals surface area contributed by atoms with Gasteiger partial charge in [-0.05, 0) is 19.9 Å². The number of carbonyl (C=O) groups excluding carboxylic acids is 2. The van der Waals surface area contributed by atoms with E-state index < -0.39 is 0 Å². The van der Waals surface area contributed by atoms with Crippen molar-refractivity contribution in [1.29, 1.82) is 0 Å². The molecule has 2 amide bonds. The number of nitrogens with one attached hydrogen (secondary N) is 1. The summed E-state index contributed by atoms with van der Waals surface area (Å²) in [5, 5.41) is 3.22. The maximum atomic E-state index is 12.3. The molecular formula is C16H21ClN2O4. The number of amides is 2. The fourth-order valence-corrected chi connectivity index (χ4v) is 2.81. The number of hydrogen-bond acceptors (Lipinski definition) is 4. The van der Waals surface area contributed by atoms with Crippen LogP contribution in [-0.4, -0.2) is 38.6 Å². The van der Waals surface area contributed by atoms with Gasteiger partial charge in [0.2, 0.25) is 11.8 Å². The Balaban J connectivity index is 2.27. The first-order valence-corrected chi connectivity index (χ1v) is 7.77. The molecule has 23 heavy (non-hydrogen) atoms. The molecule has 0 spiro atoms. The van der Waals surface area contributed by atoms with Gasteiger partial charge < -0.3 is 19.7 Å². The summed E-state index contributed by atoms with van der Waals surface area (Å²) in [5.41, 5.74) is 0.545. The second kappa shape index (κ2) is 7.08. The Labute approximate surface area is 140 Å². The Hall–Kier alpha value is -1.95. The van der Waals surface area contributed by atoms with Gasteiger partial charge in [0.25, 0.3) is 0 Å². The molecular weight excluding hydrogens is 320 g/mol. The van der Waals surface area contributed by atoms with E-state index in [9.17, 15) is 9.59 Å². The zero-order valence-corrected chi connectivity index (χ0v) is 14.4. The third-order valence-electron chi connectivity index (χ3n) is 3.67. The Morgan fingerprint density at radius 1 is 1.30 bits per heavy atom. The van der Waals surface area contributed by atoms with Crippen molar-refractivity contribution < 1.29 is 19.1 Å². The highest BCUT2D eigenvalue weighted by Gasteiger charge is 2.36. The molecule has 0 aliphatic carbocycles. The van der Waals surface area contributed by atoms with E-state index in [1.54, 1.807) is 12.1 Å². The third kappa shape index (κ3) is 3.69. The second-order valence-corrected chi connectivity index (χ2v) is 6.13. The van der Waals surface area contributed by atoms with Gasteiger partial charge in [-0.15, -0.1) is 0 Å². The summed E-state index contributed by atoms with van der Waals surface area (Å²) >= 11 is 6.15. The predicted octanol–water partition coefficient (Wildman–Crippen LogP) is 2.23. The highest BCUT2D eigenvalue weighted by atomic mass is 35.5. The van der Waals surface area contributed by atoms with Crippen molar-refractivity contribution in [2.45, 2.75) is 26.3 Å². The first-order chi connectivity index (χ1) is 10.9. The van der Waals surface area contributed by atoms with Crippen LogP contribution in [0.15, 0.2) is 12.1 Å². The lowest BCUT2D eigenvalue weighted by molar-refractivity contribution is -0.126. The molecule has 126 valence electrons. The van der Waals surface area contributed by atoms with Crippen molar-refractivity contribution >= 4 is 29.1 Å². The average Bonchev–Trinajstić information content (AvgIpc) is 2.88. The highest BCUT2D eigenvalue weighted by molar-refractivity contribution is 6.32. The van der Waals surface area contributed by atoms with Gasteiger partial charge in [0.15, 0.2) is 0 Å². The van der Waals surface area contributed by atoms with Crippen molar-refractivity contribution in [3.63, 3.8) is 0 Å². The van der Waals surface area contributed by atoms with Crippen LogP contribution in [0.4, 0.5) is 5.69 Å². The molecule has 1 aliphatic rings. The Bertz CT molecular complexity index is 618. The highest BCUT2D eigenvalue weighted by Crippen LogP contribution is 2.40. The molecule has 1 aliphatic heterocycles. The normalized spacial score (nSPS) is 17.6. The Morgan fingerprint density at radius 2 is 1.96 bits per heavy atom. The van der Waals surface area contributed by atoms with Gasteiger partial charge >= 0.3 is 0 Å². The van der Waals surface area contributed by atoms with Crippen LogP contribution in [-0.2, 0) is 9.59 Å². The molecule has 1 atom stereocenters. The average molecular weight is 341 g/mol. The lowest BCUT2D eigenvalue weighted by Crippen LogP contribution is -2.37. The molecule has 0 radical (unpaired) electrons. The van der Waals surface area contributed by atoms with Gasteiger partial charge in [-0.1, -0.05) is 11.6 Å². The molecule has 1 fully saturated rings. The quantitative estimate of drug-likeness (QED) is 0.892. The van der Waals surface area contributed by atoms with Crippen molar-refractivity contribution in [1.82, 2.24) is 5.32 Å². The fraction of sp³-hybridized carbons (Fsp3) is 0.500. The van der Waals surface area contributed by atoms with Crippen LogP contribution < -0.4 is 19.7 Å². The van der Waals surface area contributed by atoms with Crippen LogP contribution in [0.1, 0.15) is 20.3 Å². The topological polar surface area (TPSA) is 67.9 Å². The van der Waals surface area contributed by atoms with Crippen molar-refractivity contribution in [3.05, 3.63) is 17.2 Å². The molecule has 1 heterocycles. The summed E-state index contributed by atoms with van der Waals surface area (Å²) < 4.78 is 10.5. The minimum atomic E-state index is -0.379. The van der Waals surface area contributed by atoms with Gasteiger partial charge in [-0.3, -0.25) is 9.59 Å². The van der Waals surface area contributed by atoms with Gasteiger partial charge in [-0.2, -0.15) is 0 Å². The lowest BCUT2D eigenvalue weighted by Gasteiger charge is -2.21. The van der Waals surface area contributed by atoms with Crippen molar-refractivity contribution in [2.24, 2.45) is 5.92 Å². The summed E-state index contributed by atoms with van der Waals surface area (Å²) in [4.78, 5) is 26.0. The SMILES string of the molecule is COc1cc(OC)c(N2C[C@@H](C(=O)NC(C)C)CC2=O)cc1Cl. The van der Waals surface area contributed by atoms with Crippen LogP contribution >= 0.6 is 11.6 Å². The van der Waals surface area contributed by atoms with E-state index in [1.807, 2.05) is 13.8 Å². The maximum Gasteiger partial charge on any atom is 0.227 e. The van der Waals surface area contributed by atoms with E-state index >= 15 is 0 Å². The summed E-state index contributed by atoms with van der Waals surface area (Å²) in [6, 6.07) is 3.29. The Morgan fingerprint density at radius 3 is 2.52 bits per heavy atom. The molecule has 7 heteroatoms. The monoisotopic (exact) mass is 340 g/mol. The number of rotatable bonds is 5. The van der Waals surface area contributed by atoms with Gasteiger partial charge in [0, 0.05) is 25.1 Å². The predicted molar refractivity (Wildman–Crippen MR) is 88.3 cm³/mol. The first-order valence-electron chi connectivity index (χ1n) is 7.39. The fourth-order valence-electron chi connectivity index (χ4n) is 2.57. The summed E-state index contributed by atoms with van der Waals surface area (Å²) in [6.45, 7) is 4.08. The number of nitrogens with zero attached hydrogens (tertiary/aromatic N) is 1. The first kappa shape index (κ1) is 17.4. The molecule has 0 bridgehead atoms. The number of benzene rings is 1. The number of anilines is 1. The van der Waals surface area contributed by atoms with Crippen molar-refractivity contribution in [2.75, 3.05) is 25.7 Å². The summed E-state index contributed by atoms with van der Waals surface area (Å²) in [6.07, 6.45) is 0.172. The molecule has 0 unspecified atom stereocenters. The van der Waals surface area contributed by atoms with E-state index in [1.165, 1.54) is 19.1 Å². The van der Waals surface area contributed by atoms with Gasteiger partial charge in [0.1, 0.15) is 11.5 Å². The molecule has 6 nitrogen and oxygen atoms in total. The zero-order valence-electron chi connectivity index (χ0n) is 13.7. The second-order valence-electron chi connectivity index (χ2n) is 5.73. The molecule has 1 N–H and O–H groups in total. The maximum absolute atomic E-state index is 12.3. The van der Waals surface area contributed by atoms with Crippen LogP contribution in [0.25, 0.3) is 0 Å². The van der Waals surface area contributed by atoms with Crippen LogP contribution in [0.5, 0.6) is 11.5 Å². The third-order valence-corrected chi connectivity index (χ3v) is 3.97. The van der Waals surface area contributed by atoms with E-state index in [0.29, 0.717) is 28.8 Å². The van der Waals surface area contributed by atoms with Gasteiger partial charge in [-0.25, -0.2) is 0 Å². The van der Waals surface area contributed by atoms with E-state index in [0.717, 1.165) is 0 Å². The zero-order chi connectivity index (χ0) is 17.1. The largest absolute Gasteiger partial charge is 0.495 e. The van der Waals surface area contributed by atoms with Crippen LogP contribution in [0.3, 0.4) is 0 Å². The van der Waals surface area contributed by atoms with Crippen LogP contribution in [0.2, 0.25) is 5.02 Å². The minimum Gasteiger partial charge on any atom is -0.495 e. The molecule has 0 saturated carbocycles. The van der Waals surface area contributed by atoms with E-state index in [-0.39, 0.29) is 30.2 Å². The number of methoxy groups -OCH3 is 2. The lowest BCUT2D eigenvalue weighted by atomic mass is 10.1. The molecule has 1 aromatic carbocycles. The number of ether oxygens (including phenoxy) is 2. The number of halogens is 1. The number of carbonyl (C=O) groups is 2. The molecule has 2 rings (SSSR count). The van der Waals surface area contributed by atoms with Crippen LogP contribution in [0, 0.1) is 5.92 Å². The number of hydrogen-bond donors (Lipinski definition) is 1. The molecule has 0 aromatic heterocycles. The van der Waals surface area contributed by atoms with Crippen molar-refractivity contribution in [3.8, 4) is 11.5 Å². The standard InChI is InChI=1S/C16H21ClN2O4/c1-9(2)18-16(21)10-5-15(20)19(8-10)12-6-11(17)13(22-3)7-14(12)23-4/h6-7,9-10H,5,8H2,1-4H3,(H,18,21)/t10-/m0/s1. The minimum absolute atomic E-state index is 0.0385. The summed E-state index contributed by atoms with van der Waals surface area (Å²) in [7, 11) is 3.02. The molecule has 1 saturated heterocycles. The smallest absolute Gasteiger partial charge is 0.227 e. The summed E-state index contributed by atoms with van der Waals surface area (Å²) in [5.74, 6) is 0.316. The molecule has 1 aromatic rings. The van der Waals surface area contributed by atoms with Gasteiger partial charge in [0.05, 0.1) is 30.8 Å². The van der Waals surface area contributed by atoms with E-state index in [2.05, 4.69) is 5.32 Å².